The molecule has 1 aromatic rings. The number of rotatable bonds is 6. The predicted molar refractivity (Wildman–Crippen MR) is 67.7 cm³/mol. The summed E-state index contributed by atoms with van der Waals surface area (Å²) in [5.41, 5.74) is 6.11. The van der Waals surface area contributed by atoms with E-state index in [0.717, 1.165) is 0 Å². The highest BCUT2D eigenvalue weighted by molar-refractivity contribution is 5.69. The Balaban J connectivity index is 2.36. The summed E-state index contributed by atoms with van der Waals surface area (Å²) >= 11 is 0. The summed E-state index contributed by atoms with van der Waals surface area (Å²) in [5.74, 6) is 0.367. The first-order valence-corrected chi connectivity index (χ1v) is 5.73. The maximum atomic E-state index is 11.1. The van der Waals surface area contributed by atoms with Crippen LogP contribution in [-0.4, -0.2) is 24.1 Å². The van der Waals surface area contributed by atoms with Crippen LogP contribution in [0.15, 0.2) is 12.1 Å². The molecule has 0 saturated carbocycles. The minimum Gasteiger partial charge on any atom is -0.466 e. The average Bonchev–Trinajstić information content (AvgIpc) is 2.37. The van der Waals surface area contributed by atoms with E-state index in [-0.39, 0.29) is 11.7 Å². The summed E-state index contributed by atoms with van der Waals surface area (Å²) in [5, 5.41) is 11.8. The molecule has 0 aromatic carbocycles. The molecule has 0 aliphatic rings. The molecule has 3 N–H and O–H groups in total. The van der Waals surface area contributed by atoms with Crippen molar-refractivity contribution in [1.29, 1.82) is 5.26 Å². The molecular formula is C12H16N4O2. The maximum absolute atomic E-state index is 11.1. The van der Waals surface area contributed by atoms with Gasteiger partial charge in [0.05, 0.1) is 12.3 Å². The van der Waals surface area contributed by atoms with Crippen LogP contribution in [-0.2, 0) is 9.53 Å². The van der Waals surface area contributed by atoms with Gasteiger partial charge in [-0.25, -0.2) is 4.98 Å². The van der Waals surface area contributed by atoms with Crippen LogP contribution in [0.2, 0.25) is 0 Å². The summed E-state index contributed by atoms with van der Waals surface area (Å²) in [4.78, 5) is 15.1. The quantitative estimate of drug-likeness (QED) is 0.581. The van der Waals surface area contributed by atoms with E-state index in [4.69, 9.17) is 15.7 Å². The number of nitrogen functional groups attached to an aromatic ring is 1. The van der Waals surface area contributed by atoms with Gasteiger partial charge in [0.25, 0.3) is 0 Å². The lowest BCUT2D eigenvalue weighted by Crippen LogP contribution is -2.09. The van der Waals surface area contributed by atoms with Crippen molar-refractivity contribution in [3.63, 3.8) is 0 Å². The Morgan fingerprint density at radius 3 is 3.06 bits per heavy atom. The third-order valence-electron chi connectivity index (χ3n) is 2.20. The van der Waals surface area contributed by atoms with Gasteiger partial charge in [-0.2, -0.15) is 5.26 Å². The second kappa shape index (κ2) is 7.12. The normalized spacial score (nSPS) is 9.56. The fourth-order valence-corrected chi connectivity index (χ4v) is 1.34. The van der Waals surface area contributed by atoms with Crippen molar-refractivity contribution < 1.29 is 9.53 Å². The summed E-state index contributed by atoms with van der Waals surface area (Å²) in [6.07, 6.45) is 1.01. The van der Waals surface area contributed by atoms with Crippen molar-refractivity contribution in [3.8, 4) is 6.07 Å². The van der Waals surface area contributed by atoms with Crippen LogP contribution in [0, 0.1) is 11.3 Å². The van der Waals surface area contributed by atoms with Gasteiger partial charge in [0, 0.05) is 13.0 Å². The number of nitrogens with two attached hydrogens (primary N) is 1. The zero-order valence-electron chi connectivity index (χ0n) is 10.3. The van der Waals surface area contributed by atoms with Crippen molar-refractivity contribution >= 4 is 17.5 Å². The molecule has 0 unspecified atom stereocenters. The van der Waals surface area contributed by atoms with Crippen molar-refractivity contribution in [2.75, 3.05) is 24.2 Å². The molecule has 0 aliphatic heterocycles. The van der Waals surface area contributed by atoms with Crippen LogP contribution in [0.5, 0.6) is 0 Å². The van der Waals surface area contributed by atoms with E-state index in [9.17, 15) is 4.79 Å². The fraction of sp³-hybridized carbons (Fsp3) is 0.417. The summed E-state index contributed by atoms with van der Waals surface area (Å²) in [6.45, 7) is 2.76. The van der Waals surface area contributed by atoms with Gasteiger partial charge in [0.15, 0.2) is 5.69 Å². The minimum absolute atomic E-state index is 0.199. The van der Waals surface area contributed by atoms with Crippen molar-refractivity contribution in [2.45, 2.75) is 19.8 Å². The van der Waals surface area contributed by atoms with Crippen LogP contribution in [0.4, 0.5) is 11.5 Å². The van der Waals surface area contributed by atoms with E-state index >= 15 is 0 Å². The van der Waals surface area contributed by atoms with E-state index in [1.807, 2.05) is 6.07 Å². The molecule has 0 spiro atoms. The summed E-state index contributed by atoms with van der Waals surface area (Å²) in [7, 11) is 0. The van der Waals surface area contributed by atoms with Crippen molar-refractivity contribution in [2.24, 2.45) is 0 Å². The average molecular weight is 248 g/mol. The fourth-order valence-electron chi connectivity index (χ4n) is 1.34. The first-order chi connectivity index (χ1) is 8.67. The molecule has 18 heavy (non-hydrogen) atoms. The van der Waals surface area contributed by atoms with Crippen molar-refractivity contribution in [1.82, 2.24) is 4.98 Å². The Bertz CT molecular complexity index is 454. The highest BCUT2D eigenvalue weighted by Gasteiger charge is 2.03. The number of carbonyl (C=O) groups is 1. The van der Waals surface area contributed by atoms with Gasteiger partial charge in [0.2, 0.25) is 0 Å². The molecule has 6 heteroatoms. The first-order valence-electron chi connectivity index (χ1n) is 5.73. The van der Waals surface area contributed by atoms with E-state index < -0.39 is 0 Å². The lowest BCUT2D eigenvalue weighted by Gasteiger charge is -2.06. The van der Waals surface area contributed by atoms with Crippen LogP contribution in [0.25, 0.3) is 0 Å². The van der Waals surface area contributed by atoms with E-state index in [1.54, 1.807) is 19.1 Å². The molecule has 0 atom stereocenters. The van der Waals surface area contributed by atoms with Gasteiger partial charge < -0.3 is 15.8 Å². The van der Waals surface area contributed by atoms with Crippen molar-refractivity contribution in [3.05, 3.63) is 17.8 Å². The monoisotopic (exact) mass is 248 g/mol. The maximum Gasteiger partial charge on any atom is 0.305 e. The molecule has 1 rings (SSSR count). The molecule has 0 fully saturated rings. The van der Waals surface area contributed by atoms with Crippen LogP contribution >= 0.6 is 0 Å². The predicted octanol–water partition coefficient (Wildman–Crippen LogP) is 1.29. The number of nitriles is 1. The molecule has 0 bridgehead atoms. The molecule has 1 aromatic heterocycles. The largest absolute Gasteiger partial charge is 0.466 e. The highest BCUT2D eigenvalue weighted by atomic mass is 16.5. The van der Waals surface area contributed by atoms with Gasteiger partial charge >= 0.3 is 5.97 Å². The number of nitrogens with zero attached hydrogens (tertiary/aromatic N) is 2. The zero-order chi connectivity index (χ0) is 13.4. The lowest BCUT2D eigenvalue weighted by molar-refractivity contribution is -0.143. The third-order valence-corrected chi connectivity index (χ3v) is 2.20. The lowest BCUT2D eigenvalue weighted by atomic mass is 10.3. The number of hydrogen-bond donors (Lipinski definition) is 2. The molecule has 0 saturated heterocycles. The van der Waals surface area contributed by atoms with Gasteiger partial charge in [-0.15, -0.1) is 0 Å². The number of hydrogen-bond acceptors (Lipinski definition) is 6. The highest BCUT2D eigenvalue weighted by Crippen LogP contribution is 2.12. The zero-order valence-corrected chi connectivity index (χ0v) is 10.3. The number of nitrogens with one attached hydrogen (secondary N) is 1. The second-order valence-electron chi connectivity index (χ2n) is 3.58. The molecule has 1 heterocycles. The number of anilines is 2. The Morgan fingerprint density at radius 1 is 1.61 bits per heavy atom. The first kappa shape index (κ1) is 13.8. The molecular weight excluding hydrogens is 232 g/mol. The molecule has 96 valence electrons. The number of ether oxygens (including phenoxy) is 1. The van der Waals surface area contributed by atoms with Gasteiger partial charge in [-0.05, 0) is 25.5 Å². The van der Waals surface area contributed by atoms with E-state index in [1.165, 1.54) is 0 Å². The number of esters is 1. The standard InChI is InChI=1S/C12H16N4O2/c1-2-18-12(17)4-3-7-15-11-6-5-9(14)10(8-13)16-11/h5-6H,2-4,7,14H2,1H3,(H,15,16). The smallest absolute Gasteiger partial charge is 0.305 e. The number of aromatic nitrogens is 1. The van der Waals surface area contributed by atoms with E-state index in [2.05, 4.69) is 10.3 Å². The Morgan fingerprint density at radius 2 is 2.39 bits per heavy atom. The van der Waals surface area contributed by atoms with E-state index in [0.29, 0.717) is 37.5 Å². The number of carbonyl (C=O) groups excluding carboxylic acids is 1. The Labute approximate surface area is 106 Å². The molecule has 0 aliphatic carbocycles. The minimum atomic E-state index is -0.206. The second-order valence-corrected chi connectivity index (χ2v) is 3.58. The Kier molecular flexibility index (Phi) is 5.45. The number of pyridine rings is 1. The van der Waals surface area contributed by atoms with Crippen LogP contribution in [0.3, 0.4) is 0 Å². The van der Waals surface area contributed by atoms with Gasteiger partial charge in [0.1, 0.15) is 11.9 Å². The van der Waals surface area contributed by atoms with Crippen LogP contribution in [0.1, 0.15) is 25.5 Å². The molecule has 6 nitrogen and oxygen atoms in total. The molecule has 0 radical (unpaired) electrons. The third kappa shape index (κ3) is 4.29. The van der Waals surface area contributed by atoms with Gasteiger partial charge in [-0.1, -0.05) is 0 Å². The summed E-state index contributed by atoms with van der Waals surface area (Å²) < 4.78 is 4.80. The molecule has 0 amide bonds. The van der Waals surface area contributed by atoms with Gasteiger partial charge in [-0.3, -0.25) is 4.79 Å². The summed E-state index contributed by atoms with van der Waals surface area (Å²) in [6, 6.07) is 5.23. The van der Waals surface area contributed by atoms with Crippen LogP contribution < -0.4 is 11.1 Å². The SMILES string of the molecule is CCOC(=O)CCCNc1ccc(N)c(C#N)n1. The topological polar surface area (TPSA) is 101 Å². The Hall–Kier alpha value is -2.29.